The smallest absolute Gasteiger partial charge is 0.172 e. The monoisotopic (exact) mass is 279 g/mol. The average Bonchev–Trinajstić information content (AvgIpc) is 2.43. The van der Waals surface area contributed by atoms with Gasteiger partial charge in [0.05, 0.1) is 13.2 Å². The molecule has 2 heterocycles. The van der Waals surface area contributed by atoms with Gasteiger partial charge in [0.25, 0.3) is 0 Å². The molecule has 0 aromatic heterocycles. The second kappa shape index (κ2) is 5.34. The third-order valence-electron chi connectivity index (χ3n) is 4.87. The van der Waals surface area contributed by atoms with Crippen LogP contribution in [0, 0.1) is 5.41 Å². The van der Waals surface area contributed by atoms with E-state index in [0.717, 1.165) is 32.5 Å². The molecular formula is C17H29NO2. The molecule has 1 aliphatic carbocycles. The van der Waals surface area contributed by atoms with Crippen molar-refractivity contribution in [3.05, 3.63) is 11.3 Å². The van der Waals surface area contributed by atoms with Gasteiger partial charge in [-0.1, -0.05) is 20.8 Å². The van der Waals surface area contributed by atoms with Gasteiger partial charge in [0, 0.05) is 37.0 Å². The van der Waals surface area contributed by atoms with E-state index in [-0.39, 0.29) is 11.2 Å². The van der Waals surface area contributed by atoms with Crippen molar-refractivity contribution >= 4 is 0 Å². The number of rotatable bonds is 2. The molecule has 0 bridgehead atoms. The van der Waals surface area contributed by atoms with Gasteiger partial charge in [-0.05, 0) is 31.3 Å². The summed E-state index contributed by atoms with van der Waals surface area (Å²) in [7, 11) is 0. The molecule has 3 rings (SSSR count). The number of ether oxygens (including phenoxy) is 2. The van der Waals surface area contributed by atoms with Gasteiger partial charge in [0.1, 0.15) is 0 Å². The van der Waals surface area contributed by atoms with Gasteiger partial charge in [0.15, 0.2) is 5.79 Å². The molecule has 1 spiro atoms. The summed E-state index contributed by atoms with van der Waals surface area (Å²) in [5.74, 6) is -0.302. The molecule has 20 heavy (non-hydrogen) atoms. The summed E-state index contributed by atoms with van der Waals surface area (Å²) in [6.45, 7) is 10.8. The van der Waals surface area contributed by atoms with Gasteiger partial charge in [0.2, 0.25) is 0 Å². The quantitative estimate of drug-likeness (QED) is 0.769. The first-order valence-electron chi connectivity index (χ1n) is 8.27. The maximum Gasteiger partial charge on any atom is 0.172 e. The van der Waals surface area contributed by atoms with Crippen LogP contribution in [0.1, 0.15) is 59.3 Å². The Morgan fingerprint density at radius 1 is 1.15 bits per heavy atom. The van der Waals surface area contributed by atoms with Crippen LogP contribution in [-0.2, 0) is 9.47 Å². The predicted octanol–water partition coefficient (Wildman–Crippen LogP) is 3.70. The molecule has 0 N–H and O–H groups in total. The fourth-order valence-electron chi connectivity index (χ4n) is 3.73. The third kappa shape index (κ3) is 2.75. The molecule has 0 aromatic rings. The Morgan fingerprint density at radius 2 is 1.90 bits per heavy atom. The van der Waals surface area contributed by atoms with E-state index in [4.69, 9.17) is 9.47 Å². The molecule has 0 radical (unpaired) electrons. The van der Waals surface area contributed by atoms with Crippen molar-refractivity contribution in [1.29, 1.82) is 0 Å². The molecule has 114 valence electrons. The van der Waals surface area contributed by atoms with E-state index < -0.39 is 0 Å². The van der Waals surface area contributed by atoms with E-state index in [1.165, 1.54) is 32.4 Å². The Kier molecular flexibility index (Phi) is 3.85. The van der Waals surface area contributed by atoms with Crippen LogP contribution < -0.4 is 0 Å². The highest BCUT2D eigenvalue weighted by atomic mass is 16.7. The van der Waals surface area contributed by atoms with Crippen molar-refractivity contribution in [2.75, 3.05) is 26.3 Å². The highest BCUT2D eigenvalue weighted by molar-refractivity contribution is 5.22. The summed E-state index contributed by atoms with van der Waals surface area (Å²) in [6.07, 6.45) is 6.94. The minimum absolute atomic E-state index is 0.167. The van der Waals surface area contributed by atoms with Crippen molar-refractivity contribution in [3.8, 4) is 0 Å². The molecule has 2 aliphatic heterocycles. The molecule has 1 saturated heterocycles. The van der Waals surface area contributed by atoms with Gasteiger partial charge >= 0.3 is 0 Å². The second-order valence-electron chi connectivity index (χ2n) is 7.47. The lowest BCUT2D eigenvalue weighted by atomic mass is 9.84. The van der Waals surface area contributed by atoms with Gasteiger partial charge in [-0.2, -0.15) is 0 Å². The van der Waals surface area contributed by atoms with Crippen molar-refractivity contribution in [1.82, 2.24) is 4.90 Å². The van der Waals surface area contributed by atoms with Gasteiger partial charge in [-0.15, -0.1) is 0 Å². The van der Waals surface area contributed by atoms with Crippen LogP contribution in [0.25, 0.3) is 0 Å². The minimum atomic E-state index is -0.302. The van der Waals surface area contributed by atoms with E-state index in [1.54, 1.807) is 11.3 Å². The van der Waals surface area contributed by atoms with Crippen LogP contribution in [0.2, 0.25) is 0 Å². The lowest BCUT2D eigenvalue weighted by Crippen LogP contribution is -2.50. The molecule has 1 fully saturated rings. The van der Waals surface area contributed by atoms with Crippen molar-refractivity contribution in [2.45, 2.75) is 65.1 Å². The first-order chi connectivity index (χ1) is 9.54. The summed E-state index contributed by atoms with van der Waals surface area (Å²) in [5, 5.41) is 0. The minimum Gasteiger partial charge on any atom is -0.375 e. The fraction of sp³-hybridized carbons (Fsp3) is 0.882. The topological polar surface area (TPSA) is 21.7 Å². The highest BCUT2D eigenvalue weighted by Gasteiger charge is 2.44. The first kappa shape index (κ1) is 14.4. The van der Waals surface area contributed by atoms with E-state index in [0.29, 0.717) is 0 Å². The number of hydrogen-bond donors (Lipinski definition) is 0. The third-order valence-corrected chi connectivity index (χ3v) is 4.87. The van der Waals surface area contributed by atoms with Crippen LogP contribution in [0.15, 0.2) is 11.3 Å². The molecule has 0 saturated carbocycles. The molecule has 0 unspecified atom stereocenters. The van der Waals surface area contributed by atoms with Crippen molar-refractivity contribution in [2.24, 2.45) is 5.41 Å². The number of nitrogens with zero attached hydrogens (tertiary/aromatic N) is 1. The van der Waals surface area contributed by atoms with E-state index >= 15 is 0 Å². The highest BCUT2D eigenvalue weighted by Crippen LogP contribution is 2.44. The van der Waals surface area contributed by atoms with Crippen molar-refractivity contribution in [3.63, 3.8) is 0 Å². The van der Waals surface area contributed by atoms with E-state index in [2.05, 4.69) is 25.7 Å². The number of allylic oxidation sites excluding steroid dienone is 1. The molecule has 3 nitrogen and oxygen atoms in total. The fourth-order valence-corrected chi connectivity index (χ4v) is 3.73. The standard InChI is InChI=1S/C17H29NO2/c1-4-9-18-10-5-6-14-11-17(8-7-15(14)18)19-12-16(2,3)13-20-17/h4-13H2,1-3H3. The average molecular weight is 279 g/mol. The van der Waals surface area contributed by atoms with Crippen LogP contribution in [-0.4, -0.2) is 37.0 Å². The van der Waals surface area contributed by atoms with Crippen molar-refractivity contribution < 1.29 is 9.47 Å². The molecule has 3 aliphatic rings. The molecule has 0 amide bonds. The predicted molar refractivity (Wildman–Crippen MR) is 80.4 cm³/mol. The van der Waals surface area contributed by atoms with E-state index in [9.17, 15) is 0 Å². The molecule has 0 aromatic carbocycles. The molecular weight excluding hydrogens is 250 g/mol. The summed E-state index contributed by atoms with van der Waals surface area (Å²) in [5.41, 5.74) is 3.39. The normalized spacial score (nSPS) is 28.6. The summed E-state index contributed by atoms with van der Waals surface area (Å²) >= 11 is 0. The first-order valence-corrected chi connectivity index (χ1v) is 8.27. The zero-order valence-electron chi connectivity index (χ0n) is 13.3. The maximum absolute atomic E-state index is 6.19. The van der Waals surface area contributed by atoms with Gasteiger partial charge in [-0.3, -0.25) is 0 Å². The van der Waals surface area contributed by atoms with E-state index in [1.807, 2.05) is 0 Å². The Balaban J connectivity index is 1.73. The second-order valence-corrected chi connectivity index (χ2v) is 7.47. The molecule has 3 heteroatoms. The van der Waals surface area contributed by atoms with Gasteiger partial charge < -0.3 is 14.4 Å². The van der Waals surface area contributed by atoms with Gasteiger partial charge in [-0.25, -0.2) is 0 Å². The summed E-state index contributed by atoms with van der Waals surface area (Å²) in [6, 6.07) is 0. The Hall–Kier alpha value is -0.540. The summed E-state index contributed by atoms with van der Waals surface area (Å²) < 4.78 is 12.4. The van der Waals surface area contributed by atoms with Crippen LogP contribution in [0.3, 0.4) is 0 Å². The Morgan fingerprint density at radius 3 is 2.60 bits per heavy atom. The molecule has 0 atom stereocenters. The van der Waals surface area contributed by atoms with Crippen LogP contribution in [0.5, 0.6) is 0 Å². The van der Waals surface area contributed by atoms with Crippen LogP contribution >= 0.6 is 0 Å². The summed E-state index contributed by atoms with van der Waals surface area (Å²) in [4.78, 5) is 2.61. The maximum atomic E-state index is 6.19. The van der Waals surface area contributed by atoms with Crippen LogP contribution in [0.4, 0.5) is 0 Å². The largest absolute Gasteiger partial charge is 0.375 e. The zero-order valence-corrected chi connectivity index (χ0v) is 13.3. The Labute approximate surface area is 123 Å². The zero-order chi connectivity index (χ0) is 14.2. The number of hydrogen-bond acceptors (Lipinski definition) is 3. The lowest BCUT2D eigenvalue weighted by molar-refractivity contribution is -0.303. The Bertz CT molecular complexity index is 390. The SMILES string of the molecule is CCCN1CCCC2=C1CCC1(C2)OCC(C)(C)CO1. The lowest BCUT2D eigenvalue weighted by Gasteiger charge is -2.48.